The van der Waals surface area contributed by atoms with Gasteiger partial charge in [-0.05, 0) is 23.3 Å². The maximum atomic E-state index is 12.5. The van der Waals surface area contributed by atoms with Crippen molar-refractivity contribution < 1.29 is 29.1 Å². The van der Waals surface area contributed by atoms with Gasteiger partial charge in [-0.1, -0.05) is 42.5 Å². The van der Waals surface area contributed by atoms with Gasteiger partial charge in [-0.2, -0.15) is 0 Å². The van der Waals surface area contributed by atoms with Crippen LogP contribution in [-0.4, -0.2) is 65.9 Å². The lowest BCUT2D eigenvalue weighted by molar-refractivity contribution is -0.896. The van der Waals surface area contributed by atoms with Gasteiger partial charge in [0.05, 0.1) is 40.0 Å². The Hall–Kier alpha value is -3.39. The molecular formula is C22H28N3O5+. The normalized spacial score (nSPS) is 13.2. The maximum absolute atomic E-state index is 12.5. The van der Waals surface area contributed by atoms with Gasteiger partial charge in [0.25, 0.3) is 0 Å². The summed E-state index contributed by atoms with van der Waals surface area (Å²) in [7, 11) is 5.30. The fourth-order valence-electron chi connectivity index (χ4n) is 3.32. The van der Waals surface area contributed by atoms with E-state index in [0.717, 1.165) is 11.1 Å². The Morgan fingerprint density at radius 2 is 1.37 bits per heavy atom. The van der Waals surface area contributed by atoms with Gasteiger partial charge in [0.2, 0.25) is 0 Å². The summed E-state index contributed by atoms with van der Waals surface area (Å²) in [6, 6.07) is 15.0. The average Bonchev–Trinajstić information content (AvgIpc) is 2.65. The van der Waals surface area contributed by atoms with Crippen LogP contribution in [0.2, 0.25) is 0 Å². The summed E-state index contributed by atoms with van der Waals surface area (Å²) in [5, 5.41) is 23.8. The summed E-state index contributed by atoms with van der Waals surface area (Å²) in [5.74, 6) is -2.17. The average molecular weight is 414 g/mol. The first-order valence-electron chi connectivity index (χ1n) is 9.54. The van der Waals surface area contributed by atoms with E-state index in [1.54, 1.807) is 33.3 Å². The second kappa shape index (κ2) is 9.89. The number of nitrogens with zero attached hydrogens (tertiary/aromatic N) is 1. The number of carboxylic acid groups (broad SMARTS) is 2. The smallest absolute Gasteiger partial charge is 0.319 e. The molecular weight excluding hydrogens is 386 g/mol. The van der Waals surface area contributed by atoms with Crippen molar-refractivity contribution in [3.8, 4) is 11.1 Å². The highest BCUT2D eigenvalue weighted by Crippen LogP contribution is 2.21. The number of anilines is 1. The summed E-state index contributed by atoms with van der Waals surface area (Å²) >= 11 is 0. The third-order valence-electron chi connectivity index (χ3n) is 4.80. The van der Waals surface area contributed by atoms with E-state index in [4.69, 9.17) is 0 Å². The van der Waals surface area contributed by atoms with E-state index in [-0.39, 0.29) is 17.3 Å². The molecule has 0 saturated carbocycles. The van der Waals surface area contributed by atoms with Gasteiger partial charge in [0.15, 0.2) is 0 Å². The number of likely N-dealkylation sites (N-methyl/N-ethyl adjacent to an activating group) is 1. The SMILES string of the molecule is C[N+](C)(C)C(CC(=O)O)C(CC(=O)O)NC(=O)Nc1ccc(-c2ccccc2)cc1. The predicted octanol–water partition coefficient (Wildman–Crippen LogP) is 2.87. The number of carbonyl (C=O) groups is 3. The molecule has 0 aliphatic carbocycles. The van der Waals surface area contributed by atoms with E-state index < -0.39 is 30.1 Å². The first-order valence-corrected chi connectivity index (χ1v) is 9.54. The van der Waals surface area contributed by atoms with Crippen molar-refractivity contribution in [1.82, 2.24) is 5.32 Å². The molecule has 2 atom stereocenters. The molecule has 160 valence electrons. The number of amides is 2. The number of benzene rings is 2. The lowest BCUT2D eigenvalue weighted by atomic mass is 9.98. The lowest BCUT2D eigenvalue weighted by Gasteiger charge is -2.38. The molecule has 30 heavy (non-hydrogen) atoms. The summed E-state index contributed by atoms with van der Waals surface area (Å²) in [6.45, 7) is 0. The number of carbonyl (C=O) groups excluding carboxylic acids is 1. The summed E-state index contributed by atoms with van der Waals surface area (Å²) in [5.41, 5.74) is 2.59. The van der Waals surface area contributed by atoms with E-state index in [9.17, 15) is 24.6 Å². The molecule has 0 radical (unpaired) electrons. The van der Waals surface area contributed by atoms with E-state index in [2.05, 4.69) is 10.6 Å². The molecule has 2 amide bonds. The van der Waals surface area contributed by atoms with Gasteiger partial charge < -0.3 is 25.3 Å². The Kier molecular flexibility index (Phi) is 7.54. The Labute approximate surface area is 175 Å². The first-order chi connectivity index (χ1) is 14.1. The fourth-order valence-corrected chi connectivity index (χ4v) is 3.32. The highest BCUT2D eigenvalue weighted by Gasteiger charge is 2.37. The Balaban J connectivity index is 2.11. The van der Waals surface area contributed by atoms with Crippen molar-refractivity contribution in [2.75, 3.05) is 26.5 Å². The maximum Gasteiger partial charge on any atom is 0.319 e. The molecule has 2 rings (SSSR count). The number of hydrogen-bond acceptors (Lipinski definition) is 3. The highest BCUT2D eigenvalue weighted by molar-refractivity contribution is 5.90. The van der Waals surface area contributed by atoms with Crippen LogP contribution >= 0.6 is 0 Å². The monoisotopic (exact) mass is 414 g/mol. The molecule has 2 aromatic rings. The largest absolute Gasteiger partial charge is 0.481 e. The minimum absolute atomic E-state index is 0.191. The Bertz CT molecular complexity index is 876. The van der Waals surface area contributed by atoms with Gasteiger partial charge in [-0.25, -0.2) is 4.79 Å². The fraction of sp³-hybridized carbons (Fsp3) is 0.318. The third kappa shape index (κ3) is 6.89. The van der Waals surface area contributed by atoms with Gasteiger partial charge in [-0.15, -0.1) is 0 Å². The molecule has 0 aromatic heterocycles. The van der Waals surface area contributed by atoms with Crippen LogP contribution in [0.5, 0.6) is 0 Å². The van der Waals surface area contributed by atoms with E-state index >= 15 is 0 Å². The molecule has 0 spiro atoms. The van der Waals surface area contributed by atoms with Crippen LogP contribution in [0.15, 0.2) is 54.6 Å². The molecule has 2 aromatic carbocycles. The zero-order valence-electron chi connectivity index (χ0n) is 17.3. The molecule has 4 N–H and O–H groups in total. The molecule has 0 saturated heterocycles. The molecule has 0 aliphatic rings. The van der Waals surface area contributed by atoms with Crippen molar-refractivity contribution >= 4 is 23.7 Å². The molecule has 8 nitrogen and oxygen atoms in total. The minimum atomic E-state index is -1.11. The van der Waals surface area contributed by atoms with Crippen LogP contribution in [0, 0.1) is 0 Å². The van der Waals surface area contributed by atoms with E-state index in [1.165, 1.54) is 0 Å². The van der Waals surface area contributed by atoms with Crippen LogP contribution in [0.25, 0.3) is 11.1 Å². The molecule has 8 heteroatoms. The zero-order chi connectivity index (χ0) is 22.3. The predicted molar refractivity (Wildman–Crippen MR) is 114 cm³/mol. The van der Waals surface area contributed by atoms with E-state index in [0.29, 0.717) is 5.69 Å². The number of aliphatic carboxylic acids is 2. The quantitative estimate of drug-likeness (QED) is 0.471. The second-order valence-corrected chi connectivity index (χ2v) is 8.03. The molecule has 0 aliphatic heterocycles. The number of nitrogens with one attached hydrogen (secondary N) is 2. The third-order valence-corrected chi connectivity index (χ3v) is 4.80. The first kappa shape index (κ1) is 22.9. The van der Waals surface area contributed by atoms with Gasteiger partial charge >= 0.3 is 18.0 Å². The van der Waals surface area contributed by atoms with Crippen LogP contribution in [-0.2, 0) is 9.59 Å². The molecule has 0 heterocycles. The molecule has 2 unspecified atom stereocenters. The minimum Gasteiger partial charge on any atom is -0.481 e. The highest BCUT2D eigenvalue weighted by atomic mass is 16.4. The second-order valence-electron chi connectivity index (χ2n) is 8.03. The van der Waals surface area contributed by atoms with Crippen molar-refractivity contribution in [1.29, 1.82) is 0 Å². The molecule has 0 bridgehead atoms. The Morgan fingerprint density at radius 3 is 1.87 bits per heavy atom. The van der Waals surface area contributed by atoms with Crippen molar-refractivity contribution in [3.63, 3.8) is 0 Å². The number of hydrogen-bond donors (Lipinski definition) is 4. The van der Waals surface area contributed by atoms with Gasteiger partial charge in [0.1, 0.15) is 6.04 Å². The zero-order valence-corrected chi connectivity index (χ0v) is 17.3. The Morgan fingerprint density at radius 1 is 0.833 bits per heavy atom. The summed E-state index contributed by atoms with van der Waals surface area (Å²) < 4.78 is 0.191. The van der Waals surface area contributed by atoms with Gasteiger partial charge in [0, 0.05) is 5.69 Å². The summed E-state index contributed by atoms with van der Waals surface area (Å²) in [4.78, 5) is 35.1. The standard InChI is InChI=1S/C22H27N3O5/c1-25(2,3)19(14-21(28)29)18(13-20(26)27)24-22(30)23-17-11-9-16(10-12-17)15-7-5-4-6-8-15/h4-12,18-19H,13-14H2,1-3H3,(H3-,23,24,26,27,28,29,30)/p+1. The number of quaternary nitrogens is 1. The summed E-state index contributed by atoms with van der Waals surface area (Å²) in [6.07, 6.45) is -0.651. The van der Waals surface area contributed by atoms with Crippen molar-refractivity contribution in [2.24, 2.45) is 0 Å². The lowest BCUT2D eigenvalue weighted by Crippen LogP contribution is -2.59. The number of urea groups is 1. The van der Waals surface area contributed by atoms with Crippen LogP contribution in [0.1, 0.15) is 12.8 Å². The van der Waals surface area contributed by atoms with Crippen molar-refractivity contribution in [2.45, 2.75) is 24.9 Å². The van der Waals surface area contributed by atoms with Crippen LogP contribution in [0.4, 0.5) is 10.5 Å². The van der Waals surface area contributed by atoms with Crippen LogP contribution < -0.4 is 10.6 Å². The topological polar surface area (TPSA) is 116 Å². The number of rotatable bonds is 9. The molecule has 0 fully saturated rings. The van der Waals surface area contributed by atoms with Crippen molar-refractivity contribution in [3.05, 3.63) is 54.6 Å². The van der Waals surface area contributed by atoms with Crippen LogP contribution in [0.3, 0.4) is 0 Å². The number of carboxylic acids is 2. The van der Waals surface area contributed by atoms with E-state index in [1.807, 2.05) is 42.5 Å². The van der Waals surface area contributed by atoms with Gasteiger partial charge in [-0.3, -0.25) is 9.59 Å².